The summed E-state index contributed by atoms with van der Waals surface area (Å²) < 4.78 is 0. The number of benzene rings is 7. The van der Waals surface area contributed by atoms with Crippen molar-refractivity contribution in [2.45, 2.75) is 102 Å². The molecule has 5 aliphatic carbocycles. The normalized spacial score (nSPS) is 22.2. The third-order valence-electron chi connectivity index (χ3n) is 16.1. The van der Waals surface area contributed by atoms with E-state index < -0.39 is 0 Å². The maximum absolute atomic E-state index is 4.03. The van der Waals surface area contributed by atoms with Crippen LogP contribution in [0.15, 0.2) is 170 Å². The van der Waals surface area contributed by atoms with Gasteiger partial charge in [-0.25, -0.2) is 0 Å². The van der Waals surface area contributed by atoms with Crippen LogP contribution in [0.4, 0.5) is 34.1 Å². The predicted octanol–water partition coefficient (Wildman–Crippen LogP) is 17.0. The zero-order chi connectivity index (χ0) is 43.6. The molecule has 0 radical (unpaired) electrons. The molecule has 2 unspecified atom stereocenters. The van der Waals surface area contributed by atoms with E-state index >= 15 is 0 Å². The van der Waals surface area contributed by atoms with Crippen LogP contribution in [-0.4, -0.2) is 0 Å². The molecule has 320 valence electrons. The lowest BCUT2D eigenvalue weighted by Crippen LogP contribution is -2.55. The second-order valence-corrected chi connectivity index (χ2v) is 20.6. The van der Waals surface area contributed by atoms with Crippen molar-refractivity contribution in [3.8, 4) is 11.1 Å². The van der Waals surface area contributed by atoms with Gasteiger partial charge in [-0.05, 0) is 198 Å². The van der Waals surface area contributed by atoms with E-state index in [-0.39, 0.29) is 16.2 Å². The molecule has 2 atom stereocenters. The molecule has 0 heterocycles. The first-order valence-corrected chi connectivity index (χ1v) is 24.1. The molecule has 0 saturated heterocycles. The number of fused-ring (bicyclic) bond motifs is 3. The van der Waals surface area contributed by atoms with Crippen LogP contribution in [-0.2, 0) is 22.7 Å². The number of rotatable bonds is 12. The standard InChI is InChI=1S/C62H62N2/c1-6-8-11-45-18-26-51(27-19-45)63(52-28-22-49(23-29-52)62-40-46-36-47(41-62)39-61(38-46,42-62)48-20-16-44(7-2)17-21-48)53-30-32-54(33-31-53)64(50-24-14-43(3)15-25-50)55-34-35-57-56-12-9-10-13-58(56)60(4,5)59(57)37-55/h7,9-10,12-35,37,46-47H,2,6,8,11,36,38-42H2,1,3-5H3. The van der Waals surface area contributed by atoms with Crippen LogP contribution in [0.2, 0.25) is 0 Å². The van der Waals surface area contributed by atoms with Gasteiger partial charge in [-0.3, -0.25) is 0 Å². The van der Waals surface area contributed by atoms with Gasteiger partial charge < -0.3 is 9.80 Å². The Morgan fingerprint density at radius 3 is 1.58 bits per heavy atom. The van der Waals surface area contributed by atoms with Crippen molar-refractivity contribution in [3.05, 3.63) is 209 Å². The summed E-state index contributed by atoms with van der Waals surface area (Å²) in [6.07, 6.45) is 13.5. The molecule has 4 bridgehead atoms. The van der Waals surface area contributed by atoms with Gasteiger partial charge in [-0.2, -0.15) is 0 Å². The van der Waals surface area contributed by atoms with Gasteiger partial charge in [0.1, 0.15) is 0 Å². The average Bonchev–Trinajstić information content (AvgIpc) is 3.55. The lowest BCUT2D eigenvalue weighted by atomic mass is 9.42. The second kappa shape index (κ2) is 15.8. The van der Waals surface area contributed by atoms with Crippen LogP contribution in [0.1, 0.15) is 111 Å². The van der Waals surface area contributed by atoms with Gasteiger partial charge >= 0.3 is 0 Å². The molecule has 7 aromatic carbocycles. The summed E-state index contributed by atoms with van der Waals surface area (Å²) in [5.74, 6) is 1.61. The summed E-state index contributed by atoms with van der Waals surface area (Å²) in [5.41, 5.74) is 19.9. The Balaban J connectivity index is 0.953. The molecule has 2 nitrogen and oxygen atoms in total. The largest absolute Gasteiger partial charge is 0.311 e. The van der Waals surface area contributed by atoms with Crippen LogP contribution in [0.5, 0.6) is 0 Å². The number of nitrogens with zero attached hydrogens (tertiary/aromatic N) is 2. The molecule has 64 heavy (non-hydrogen) atoms. The van der Waals surface area contributed by atoms with Crippen molar-refractivity contribution in [1.82, 2.24) is 0 Å². The van der Waals surface area contributed by atoms with Crippen molar-refractivity contribution in [1.29, 1.82) is 0 Å². The summed E-state index contributed by atoms with van der Waals surface area (Å²) in [4.78, 5) is 4.89. The molecular formula is C62H62N2. The minimum Gasteiger partial charge on any atom is -0.311 e. The lowest BCUT2D eigenvalue weighted by molar-refractivity contribution is -0.0281. The highest BCUT2D eigenvalue weighted by molar-refractivity contribution is 5.86. The van der Waals surface area contributed by atoms with E-state index in [1.807, 2.05) is 6.08 Å². The Morgan fingerprint density at radius 2 is 1.02 bits per heavy atom. The van der Waals surface area contributed by atoms with Crippen molar-refractivity contribution in [2.24, 2.45) is 11.8 Å². The molecular weight excluding hydrogens is 773 g/mol. The highest BCUT2D eigenvalue weighted by Gasteiger charge is 2.58. The Morgan fingerprint density at radius 1 is 0.547 bits per heavy atom. The number of aryl methyl sites for hydroxylation is 2. The fourth-order valence-electron chi connectivity index (χ4n) is 13.2. The lowest BCUT2D eigenvalue weighted by Gasteiger charge is -2.63. The predicted molar refractivity (Wildman–Crippen MR) is 271 cm³/mol. The average molecular weight is 835 g/mol. The van der Waals surface area contributed by atoms with Gasteiger partial charge in [0.2, 0.25) is 0 Å². The second-order valence-electron chi connectivity index (χ2n) is 20.6. The van der Waals surface area contributed by atoms with E-state index in [0.717, 1.165) is 35.3 Å². The third kappa shape index (κ3) is 6.93. The number of anilines is 6. The Kier molecular flexibility index (Phi) is 10.1. The Hall–Kier alpha value is -6.12. The van der Waals surface area contributed by atoms with Crippen LogP contribution >= 0.6 is 0 Å². The molecule has 4 saturated carbocycles. The topological polar surface area (TPSA) is 6.48 Å². The minimum absolute atomic E-state index is 0.0816. The van der Waals surface area contributed by atoms with Crippen molar-refractivity contribution in [3.63, 3.8) is 0 Å². The molecule has 0 spiro atoms. The monoisotopic (exact) mass is 834 g/mol. The van der Waals surface area contributed by atoms with Crippen LogP contribution in [0.25, 0.3) is 17.2 Å². The molecule has 0 amide bonds. The van der Waals surface area contributed by atoms with E-state index in [4.69, 9.17) is 0 Å². The SMILES string of the molecule is C=Cc1ccc(C23CC4CC(C2)CC(c2ccc(N(c5ccc(CCCC)cc5)c5ccc(N(c6ccc(C)cc6)c6ccc7c(c6)C(C)(C)c6ccccc6-7)cc5)cc2)(C4)C3)cc1. The van der Waals surface area contributed by atoms with E-state index in [1.54, 1.807) is 5.56 Å². The molecule has 0 aromatic heterocycles. The molecule has 12 rings (SSSR count). The molecule has 5 aliphatic rings. The number of hydrogen-bond donors (Lipinski definition) is 0. The maximum Gasteiger partial charge on any atom is 0.0465 e. The van der Waals surface area contributed by atoms with E-state index in [0.29, 0.717) is 0 Å². The zero-order valence-corrected chi connectivity index (χ0v) is 38.3. The maximum atomic E-state index is 4.03. The summed E-state index contributed by atoms with van der Waals surface area (Å²) in [6, 6.07) is 62.8. The summed E-state index contributed by atoms with van der Waals surface area (Å²) in [7, 11) is 0. The highest BCUT2D eigenvalue weighted by Crippen LogP contribution is 2.66. The molecule has 0 aliphatic heterocycles. The Labute approximate surface area is 382 Å². The van der Waals surface area contributed by atoms with Gasteiger partial charge in [0.25, 0.3) is 0 Å². The number of unbranched alkanes of at least 4 members (excludes halogenated alkanes) is 1. The quantitative estimate of drug-likeness (QED) is 0.121. The fourth-order valence-corrected chi connectivity index (χ4v) is 13.2. The number of hydrogen-bond acceptors (Lipinski definition) is 2. The highest BCUT2D eigenvalue weighted by atomic mass is 15.2. The van der Waals surface area contributed by atoms with E-state index in [9.17, 15) is 0 Å². The molecule has 7 aromatic rings. The first-order chi connectivity index (χ1) is 31.1. The van der Waals surface area contributed by atoms with Gasteiger partial charge in [0.15, 0.2) is 0 Å². The molecule has 4 fully saturated rings. The van der Waals surface area contributed by atoms with Crippen molar-refractivity contribution >= 4 is 40.2 Å². The van der Waals surface area contributed by atoms with Gasteiger partial charge in [0.05, 0.1) is 0 Å². The van der Waals surface area contributed by atoms with Crippen molar-refractivity contribution in [2.75, 3.05) is 9.80 Å². The fraction of sp³-hybridized carbons (Fsp3) is 0.290. The van der Waals surface area contributed by atoms with Gasteiger partial charge in [-0.15, -0.1) is 0 Å². The first kappa shape index (κ1) is 40.6. The first-order valence-electron chi connectivity index (χ1n) is 24.1. The summed E-state index contributed by atoms with van der Waals surface area (Å²) >= 11 is 0. The van der Waals surface area contributed by atoms with E-state index in [2.05, 4.69) is 208 Å². The smallest absolute Gasteiger partial charge is 0.0465 e. The van der Waals surface area contributed by atoms with E-state index in [1.165, 1.54) is 113 Å². The minimum atomic E-state index is -0.0816. The molecule has 2 heteroatoms. The van der Waals surface area contributed by atoms with Crippen molar-refractivity contribution < 1.29 is 0 Å². The molecule has 0 N–H and O–H groups in total. The Bertz CT molecular complexity index is 2800. The summed E-state index contributed by atoms with van der Waals surface area (Å²) in [6.45, 7) is 13.2. The van der Waals surface area contributed by atoms with Gasteiger partial charge in [0, 0.05) is 39.5 Å². The van der Waals surface area contributed by atoms with Crippen LogP contribution in [0, 0.1) is 18.8 Å². The summed E-state index contributed by atoms with van der Waals surface area (Å²) in [5, 5.41) is 0. The zero-order valence-electron chi connectivity index (χ0n) is 38.3. The van der Waals surface area contributed by atoms with Crippen LogP contribution < -0.4 is 9.80 Å². The van der Waals surface area contributed by atoms with Crippen LogP contribution in [0.3, 0.4) is 0 Å². The third-order valence-corrected chi connectivity index (χ3v) is 16.1. The van der Waals surface area contributed by atoms with Gasteiger partial charge in [-0.1, -0.05) is 136 Å².